The second-order valence-corrected chi connectivity index (χ2v) is 2.62. The van der Waals surface area contributed by atoms with Gasteiger partial charge in [-0.2, -0.15) is 0 Å². The largest absolute Gasteiger partial charge is 0.872 e. The van der Waals surface area contributed by atoms with Crippen LogP contribution in [0, 0.1) is 0 Å². The number of rotatable bonds is 2. The van der Waals surface area contributed by atoms with Crippen LogP contribution in [0.3, 0.4) is 0 Å². The van der Waals surface area contributed by atoms with Crippen molar-refractivity contribution in [3.8, 4) is 5.75 Å². The third-order valence-electron chi connectivity index (χ3n) is 1.41. The zero-order valence-corrected chi connectivity index (χ0v) is 6.58. The fourth-order valence-corrected chi connectivity index (χ4v) is 0.925. The molecule has 0 aromatic heterocycles. The molecular formula is C9H11NO. The van der Waals surface area contributed by atoms with Gasteiger partial charge in [0, 0.05) is 5.56 Å². The van der Waals surface area contributed by atoms with Crippen LogP contribution in [-0.4, -0.2) is 18.3 Å². The van der Waals surface area contributed by atoms with Gasteiger partial charge in [0.05, 0.1) is 0 Å². The van der Waals surface area contributed by atoms with Crippen LogP contribution in [0.15, 0.2) is 24.3 Å². The summed E-state index contributed by atoms with van der Waals surface area (Å²) in [5.41, 5.74) is 0.796. The van der Waals surface area contributed by atoms with Crippen LogP contribution in [0.5, 0.6) is 5.75 Å². The molecule has 0 saturated heterocycles. The Bertz CT molecular complexity index is 268. The third kappa shape index (κ3) is 2.08. The number of nitrogens with zero attached hydrogens (tertiary/aromatic N) is 1. The quantitative estimate of drug-likeness (QED) is 0.446. The standard InChI is InChI=1S/C9H11NO/c1-10(2)7-8-5-3-4-6-9(8)11/h3-6H,1,7H2,2H3. The van der Waals surface area contributed by atoms with Crippen molar-refractivity contribution in [2.45, 2.75) is 6.54 Å². The summed E-state index contributed by atoms with van der Waals surface area (Å²) in [5.74, 6) is 0.0861. The minimum atomic E-state index is 0.0861. The van der Waals surface area contributed by atoms with Gasteiger partial charge in [-0.15, -0.1) is 0 Å². The lowest BCUT2D eigenvalue weighted by atomic mass is 10.2. The lowest BCUT2D eigenvalue weighted by Gasteiger charge is -2.09. The molecule has 0 atom stereocenters. The molecule has 58 valence electrons. The van der Waals surface area contributed by atoms with Gasteiger partial charge in [-0.3, -0.25) is 0 Å². The van der Waals surface area contributed by atoms with Crippen LogP contribution in [0.4, 0.5) is 0 Å². The summed E-state index contributed by atoms with van der Waals surface area (Å²) in [6.45, 7) is 4.28. The van der Waals surface area contributed by atoms with Crippen LogP contribution >= 0.6 is 0 Å². The van der Waals surface area contributed by atoms with Gasteiger partial charge in [0.25, 0.3) is 0 Å². The highest BCUT2D eigenvalue weighted by atomic mass is 16.3. The van der Waals surface area contributed by atoms with E-state index in [0.717, 1.165) is 5.56 Å². The minimum absolute atomic E-state index is 0.0861. The van der Waals surface area contributed by atoms with E-state index in [4.69, 9.17) is 0 Å². The van der Waals surface area contributed by atoms with Crippen molar-refractivity contribution in [2.24, 2.45) is 0 Å². The zero-order chi connectivity index (χ0) is 8.27. The smallest absolute Gasteiger partial charge is 0.166 e. The Morgan fingerprint density at radius 2 is 2.09 bits per heavy atom. The maximum Gasteiger partial charge on any atom is 0.166 e. The predicted molar refractivity (Wildman–Crippen MR) is 42.9 cm³/mol. The molecule has 0 unspecified atom stereocenters. The molecule has 1 aromatic carbocycles. The Morgan fingerprint density at radius 3 is 2.64 bits per heavy atom. The summed E-state index contributed by atoms with van der Waals surface area (Å²) in [7, 11) is 1.84. The topological polar surface area (TPSA) is 26.1 Å². The number of benzene rings is 1. The molecule has 1 aromatic rings. The third-order valence-corrected chi connectivity index (χ3v) is 1.41. The average Bonchev–Trinajstić information content (AvgIpc) is 1.93. The number of hydrogen-bond acceptors (Lipinski definition) is 1. The summed E-state index contributed by atoms with van der Waals surface area (Å²) < 4.78 is 1.73. The molecule has 11 heavy (non-hydrogen) atoms. The highest BCUT2D eigenvalue weighted by Crippen LogP contribution is 2.11. The number of hydrogen-bond donors (Lipinski definition) is 0. The van der Waals surface area contributed by atoms with E-state index in [1.165, 1.54) is 0 Å². The van der Waals surface area contributed by atoms with Crippen molar-refractivity contribution in [2.75, 3.05) is 7.05 Å². The number of para-hydroxylation sites is 1. The van der Waals surface area contributed by atoms with Crippen LogP contribution in [-0.2, 0) is 6.54 Å². The second kappa shape index (κ2) is 3.19. The second-order valence-electron chi connectivity index (χ2n) is 2.62. The summed E-state index contributed by atoms with van der Waals surface area (Å²) in [6, 6.07) is 7.00. The Balaban J connectivity index is 2.86. The normalized spacial score (nSPS) is 9.55. The van der Waals surface area contributed by atoms with Gasteiger partial charge in [-0.25, -0.2) is 4.58 Å². The lowest BCUT2D eigenvalue weighted by molar-refractivity contribution is -0.506. The van der Waals surface area contributed by atoms with Crippen molar-refractivity contribution in [1.29, 1.82) is 0 Å². The summed E-state index contributed by atoms with van der Waals surface area (Å²) in [6.07, 6.45) is 0. The van der Waals surface area contributed by atoms with Gasteiger partial charge in [-0.05, 0) is 0 Å². The van der Waals surface area contributed by atoms with Gasteiger partial charge < -0.3 is 5.11 Å². The van der Waals surface area contributed by atoms with Crippen LogP contribution < -0.4 is 5.11 Å². The van der Waals surface area contributed by atoms with E-state index in [9.17, 15) is 5.11 Å². The highest BCUT2D eigenvalue weighted by Gasteiger charge is 1.96. The molecule has 0 spiro atoms. The Hall–Kier alpha value is -1.31. The Kier molecular flexibility index (Phi) is 2.26. The first-order valence-corrected chi connectivity index (χ1v) is 3.46. The highest BCUT2D eigenvalue weighted by molar-refractivity contribution is 5.30. The average molecular weight is 149 g/mol. The van der Waals surface area contributed by atoms with Gasteiger partial charge in [0.1, 0.15) is 13.8 Å². The molecule has 0 heterocycles. The molecule has 0 aliphatic carbocycles. The fourth-order valence-electron chi connectivity index (χ4n) is 0.925. The first-order valence-electron chi connectivity index (χ1n) is 3.46. The maximum atomic E-state index is 11.1. The molecule has 0 radical (unpaired) electrons. The maximum absolute atomic E-state index is 11.1. The molecule has 2 nitrogen and oxygen atoms in total. The first-order chi connectivity index (χ1) is 5.20. The molecule has 0 aliphatic rings. The molecule has 0 N–H and O–H groups in total. The van der Waals surface area contributed by atoms with Crippen LogP contribution in [0.1, 0.15) is 5.56 Å². The van der Waals surface area contributed by atoms with Crippen molar-refractivity contribution in [1.82, 2.24) is 0 Å². The molecular weight excluding hydrogens is 138 g/mol. The predicted octanol–water partition coefficient (Wildman–Crippen LogP) is 0.603. The van der Waals surface area contributed by atoms with Crippen LogP contribution in [0.2, 0.25) is 0 Å². The van der Waals surface area contributed by atoms with Crippen molar-refractivity contribution in [3.05, 3.63) is 29.8 Å². The monoisotopic (exact) mass is 149 g/mol. The minimum Gasteiger partial charge on any atom is -0.872 e. The van der Waals surface area contributed by atoms with E-state index in [1.54, 1.807) is 16.7 Å². The van der Waals surface area contributed by atoms with E-state index >= 15 is 0 Å². The summed E-state index contributed by atoms with van der Waals surface area (Å²) in [4.78, 5) is 0. The summed E-state index contributed by atoms with van der Waals surface area (Å²) in [5, 5.41) is 11.1. The van der Waals surface area contributed by atoms with Crippen molar-refractivity contribution in [3.63, 3.8) is 0 Å². The lowest BCUT2D eigenvalue weighted by Crippen LogP contribution is -2.05. The van der Waals surface area contributed by atoms with E-state index in [1.807, 2.05) is 19.2 Å². The molecule has 0 saturated carbocycles. The molecule has 0 fully saturated rings. The zero-order valence-electron chi connectivity index (χ0n) is 6.58. The molecule has 2 heteroatoms. The first kappa shape index (κ1) is 7.79. The molecule has 0 amide bonds. The van der Waals surface area contributed by atoms with Gasteiger partial charge >= 0.3 is 0 Å². The molecule has 0 bridgehead atoms. The Labute approximate surface area is 66.4 Å². The van der Waals surface area contributed by atoms with Crippen molar-refractivity contribution < 1.29 is 9.68 Å². The molecule has 0 aliphatic heterocycles. The Morgan fingerprint density at radius 1 is 1.45 bits per heavy atom. The van der Waals surface area contributed by atoms with E-state index in [-0.39, 0.29) is 5.75 Å². The van der Waals surface area contributed by atoms with E-state index in [0.29, 0.717) is 6.54 Å². The van der Waals surface area contributed by atoms with Crippen molar-refractivity contribution >= 4 is 6.72 Å². The van der Waals surface area contributed by atoms with E-state index in [2.05, 4.69) is 6.72 Å². The van der Waals surface area contributed by atoms with Crippen LogP contribution in [0.25, 0.3) is 0 Å². The van der Waals surface area contributed by atoms with E-state index < -0.39 is 0 Å². The van der Waals surface area contributed by atoms with Gasteiger partial charge in [0.2, 0.25) is 0 Å². The summed E-state index contributed by atoms with van der Waals surface area (Å²) >= 11 is 0. The SMILES string of the molecule is C=[N+](C)Cc1ccccc1[O-]. The van der Waals surface area contributed by atoms with Gasteiger partial charge in [-0.1, -0.05) is 30.0 Å². The molecule has 1 rings (SSSR count). The fraction of sp³-hybridized carbons (Fsp3) is 0.222. The van der Waals surface area contributed by atoms with Gasteiger partial charge in [0.15, 0.2) is 6.54 Å².